The Bertz CT molecular complexity index is 862. The molecule has 140 valence electrons. The number of nitrogens with zero attached hydrogens (tertiary/aromatic N) is 2. The maximum absolute atomic E-state index is 12.7. The molecule has 0 bridgehead atoms. The van der Waals surface area contributed by atoms with Crippen molar-refractivity contribution in [2.24, 2.45) is 0 Å². The molecular weight excluding hydrogens is 346 g/mol. The highest BCUT2D eigenvalue weighted by Gasteiger charge is 2.43. The summed E-state index contributed by atoms with van der Waals surface area (Å²) in [5.41, 5.74) is 2.24. The lowest BCUT2D eigenvalue weighted by Crippen LogP contribution is -2.39. The standard InChI is InChI=1S/C20H21N3O4/c1-13-4-8-16(9-5-13)23-14(2)19(25)22(20(23)26)12-18(24)21-15-6-10-17(27-3)11-7-15/h4-11,14H,12H2,1-3H3,(H,21,24)/t14-/m1/s1. The van der Waals surface area contributed by atoms with E-state index in [0.29, 0.717) is 17.1 Å². The Kier molecular flexibility index (Phi) is 5.12. The topological polar surface area (TPSA) is 79.0 Å². The van der Waals surface area contributed by atoms with E-state index in [4.69, 9.17) is 4.74 Å². The number of anilines is 2. The lowest BCUT2D eigenvalue weighted by molar-refractivity contribution is -0.130. The molecule has 1 saturated heterocycles. The molecule has 7 nitrogen and oxygen atoms in total. The van der Waals surface area contributed by atoms with Gasteiger partial charge in [-0.05, 0) is 50.2 Å². The van der Waals surface area contributed by atoms with Gasteiger partial charge in [0, 0.05) is 11.4 Å². The number of rotatable bonds is 5. The molecule has 27 heavy (non-hydrogen) atoms. The normalized spacial score (nSPS) is 16.6. The summed E-state index contributed by atoms with van der Waals surface area (Å²) in [6.45, 7) is 3.26. The maximum Gasteiger partial charge on any atom is 0.332 e. The van der Waals surface area contributed by atoms with Crippen LogP contribution in [0, 0.1) is 6.92 Å². The molecule has 0 unspecified atom stereocenters. The van der Waals surface area contributed by atoms with Crippen molar-refractivity contribution in [2.75, 3.05) is 23.9 Å². The zero-order valence-corrected chi connectivity index (χ0v) is 15.4. The molecule has 0 radical (unpaired) electrons. The molecule has 0 spiro atoms. The monoisotopic (exact) mass is 367 g/mol. The summed E-state index contributed by atoms with van der Waals surface area (Å²) in [6.07, 6.45) is 0. The van der Waals surface area contributed by atoms with E-state index < -0.39 is 23.9 Å². The number of ether oxygens (including phenoxy) is 1. The van der Waals surface area contributed by atoms with E-state index in [1.54, 1.807) is 50.4 Å². The van der Waals surface area contributed by atoms with Gasteiger partial charge in [-0.15, -0.1) is 0 Å². The third-order valence-corrected chi connectivity index (χ3v) is 4.44. The van der Waals surface area contributed by atoms with Crippen LogP contribution in [0.5, 0.6) is 5.75 Å². The van der Waals surface area contributed by atoms with Crippen molar-refractivity contribution in [1.82, 2.24) is 4.90 Å². The maximum atomic E-state index is 12.7. The van der Waals surface area contributed by atoms with Crippen LogP contribution in [0.2, 0.25) is 0 Å². The van der Waals surface area contributed by atoms with Gasteiger partial charge in [0.2, 0.25) is 5.91 Å². The van der Waals surface area contributed by atoms with Gasteiger partial charge >= 0.3 is 6.03 Å². The number of hydrogen-bond donors (Lipinski definition) is 1. The van der Waals surface area contributed by atoms with Crippen LogP contribution in [0.3, 0.4) is 0 Å². The first kappa shape index (κ1) is 18.4. The van der Waals surface area contributed by atoms with Crippen LogP contribution in [0.25, 0.3) is 0 Å². The average Bonchev–Trinajstić information content (AvgIpc) is 2.87. The van der Waals surface area contributed by atoms with E-state index in [-0.39, 0.29) is 6.54 Å². The molecule has 2 aromatic carbocycles. The van der Waals surface area contributed by atoms with Gasteiger partial charge in [0.15, 0.2) is 0 Å². The van der Waals surface area contributed by atoms with Gasteiger partial charge < -0.3 is 10.1 Å². The number of carbonyl (C=O) groups is 3. The lowest BCUT2D eigenvalue weighted by atomic mass is 10.2. The van der Waals surface area contributed by atoms with Crippen molar-refractivity contribution in [2.45, 2.75) is 19.9 Å². The molecule has 2 aromatic rings. The number of urea groups is 1. The van der Waals surface area contributed by atoms with Crippen LogP contribution < -0.4 is 15.0 Å². The number of carbonyl (C=O) groups excluding carboxylic acids is 3. The van der Waals surface area contributed by atoms with E-state index >= 15 is 0 Å². The molecule has 1 atom stereocenters. The lowest BCUT2D eigenvalue weighted by Gasteiger charge is -2.19. The Morgan fingerprint density at radius 2 is 1.70 bits per heavy atom. The van der Waals surface area contributed by atoms with E-state index in [2.05, 4.69) is 5.32 Å². The van der Waals surface area contributed by atoms with Crippen LogP contribution >= 0.6 is 0 Å². The van der Waals surface area contributed by atoms with Crippen molar-refractivity contribution in [3.8, 4) is 5.75 Å². The fraction of sp³-hybridized carbons (Fsp3) is 0.250. The molecule has 1 fully saturated rings. The molecule has 1 heterocycles. The second-order valence-corrected chi connectivity index (χ2v) is 6.37. The van der Waals surface area contributed by atoms with E-state index in [1.807, 2.05) is 19.1 Å². The highest BCUT2D eigenvalue weighted by molar-refractivity contribution is 6.16. The van der Waals surface area contributed by atoms with Crippen LogP contribution in [-0.4, -0.2) is 42.4 Å². The minimum Gasteiger partial charge on any atom is -0.497 e. The Labute approximate surface area is 157 Å². The Morgan fingerprint density at radius 3 is 2.30 bits per heavy atom. The molecule has 1 aliphatic heterocycles. The predicted octanol–water partition coefficient (Wildman–Crippen LogP) is 2.80. The van der Waals surface area contributed by atoms with Gasteiger partial charge in [-0.1, -0.05) is 17.7 Å². The number of amides is 4. The second-order valence-electron chi connectivity index (χ2n) is 6.37. The highest BCUT2D eigenvalue weighted by Crippen LogP contribution is 2.26. The van der Waals surface area contributed by atoms with Gasteiger partial charge in [0.1, 0.15) is 18.3 Å². The van der Waals surface area contributed by atoms with Crippen molar-refractivity contribution in [3.05, 3.63) is 54.1 Å². The minimum absolute atomic E-state index is 0.337. The number of hydrogen-bond acceptors (Lipinski definition) is 4. The van der Waals surface area contributed by atoms with Crippen molar-refractivity contribution in [1.29, 1.82) is 0 Å². The Hall–Kier alpha value is -3.35. The molecule has 0 aromatic heterocycles. The Morgan fingerprint density at radius 1 is 1.07 bits per heavy atom. The van der Waals surface area contributed by atoms with Gasteiger partial charge in [-0.3, -0.25) is 19.4 Å². The summed E-state index contributed by atoms with van der Waals surface area (Å²) in [5, 5.41) is 2.68. The number of methoxy groups -OCH3 is 1. The minimum atomic E-state index is -0.658. The SMILES string of the molecule is COc1ccc(NC(=O)CN2C(=O)[C@@H](C)N(c3ccc(C)cc3)C2=O)cc1. The first-order valence-electron chi connectivity index (χ1n) is 8.56. The quantitative estimate of drug-likeness (QED) is 0.824. The summed E-state index contributed by atoms with van der Waals surface area (Å²) in [6, 6.07) is 13.0. The van der Waals surface area contributed by atoms with Gasteiger partial charge in [0.05, 0.1) is 7.11 Å². The van der Waals surface area contributed by atoms with E-state index in [9.17, 15) is 14.4 Å². The first-order valence-corrected chi connectivity index (χ1v) is 8.56. The van der Waals surface area contributed by atoms with E-state index in [0.717, 1.165) is 10.5 Å². The summed E-state index contributed by atoms with van der Waals surface area (Å²) in [5.74, 6) is -0.175. The Balaban J connectivity index is 1.70. The summed E-state index contributed by atoms with van der Waals surface area (Å²) in [7, 11) is 1.55. The fourth-order valence-electron chi connectivity index (χ4n) is 2.93. The smallest absolute Gasteiger partial charge is 0.332 e. The summed E-state index contributed by atoms with van der Waals surface area (Å²) in [4.78, 5) is 39.9. The van der Waals surface area contributed by atoms with Gasteiger partial charge in [0.25, 0.3) is 5.91 Å². The third-order valence-electron chi connectivity index (χ3n) is 4.44. The zero-order chi connectivity index (χ0) is 19.6. The average molecular weight is 367 g/mol. The summed E-state index contributed by atoms with van der Waals surface area (Å²) >= 11 is 0. The number of imide groups is 1. The largest absolute Gasteiger partial charge is 0.497 e. The van der Waals surface area contributed by atoms with Crippen LogP contribution in [0.15, 0.2) is 48.5 Å². The second kappa shape index (κ2) is 7.49. The number of aryl methyl sites for hydroxylation is 1. The van der Waals surface area contributed by atoms with Gasteiger partial charge in [-0.2, -0.15) is 0 Å². The molecule has 4 amide bonds. The third kappa shape index (κ3) is 3.76. The van der Waals surface area contributed by atoms with Crippen molar-refractivity contribution < 1.29 is 19.1 Å². The van der Waals surface area contributed by atoms with Gasteiger partial charge in [-0.25, -0.2) is 4.79 Å². The zero-order valence-electron chi connectivity index (χ0n) is 15.4. The number of benzene rings is 2. The van der Waals surface area contributed by atoms with Crippen LogP contribution in [0.4, 0.5) is 16.2 Å². The van der Waals surface area contributed by atoms with Crippen LogP contribution in [-0.2, 0) is 9.59 Å². The number of nitrogens with one attached hydrogen (secondary N) is 1. The molecule has 7 heteroatoms. The molecule has 0 aliphatic carbocycles. The first-order chi connectivity index (χ1) is 12.9. The molecule has 1 N–H and O–H groups in total. The predicted molar refractivity (Wildman–Crippen MR) is 102 cm³/mol. The molecular formula is C20H21N3O4. The summed E-state index contributed by atoms with van der Waals surface area (Å²) < 4.78 is 5.07. The molecule has 1 aliphatic rings. The van der Waals surface area contributed by atoms with Crippen molar-refractivity contribution in [3.63, 3.8) is 0 Å². The van der Waals surface area contributed by atoms with Crippen LogP contribution in [0.1, 0.15) is 12.5 Å². The molecule has 3 rings (SSSR count). The van der Waals surface area contributed by atoms with Crippen molar-refractivity contribution >= 4 is 29.2 Å². The highest BCUT2D eigenvalue weighted by atomic mass is 16.5. The molecule has 0 saturated carbocycles. The fourth-order valence-corrected chi connectivity index (χ4v) is 2.93. The van der Waals surface area contributed by atoms with E-state index in [1.165, 1.54) is 4.90 Å².